The Kier molecular flexibility index (Phi) is 5.18. The van der Waals surface area contributed by atoms with Gasteiger partial charge in [-0.1, -0.05) is 0 Å². The Morgan fingerprint density at radius 2 is 2.06 bits per heavy atom. The van der Waals surface area contributed by atoms with Crippen LogP contribution in [0.15, 0.2) is 24.5 Å². The summed E-state index contributed by atoms with van der Waals surface area (Å²) in [7, 11) is -3.25. The van der Waals surface area contributed by atoms with Gasteiger partial charge in [-0.05, 0) is 31.0 Å². The number of sulfonamides is 1. The monoisotopic (exact) mass is 262 g/mol. The fourth-order valence-electron chi connectivity index (χ4n) is 1.29. The molecule has 1 rings (SSSR count). The summed E-state index contributed by atoms with van der Waals surface area (Å²) in [4.78, 5) is 3.88. The van der Waals surface area contributed by atoms with Crippen molar-refractivity contribution in [3.63, 3.8) is 0 Å². The molecule has 90 valence electrons. The van der Waals surface area contributed by atoms with Gasteiger partial charge >= 0.3 is 0 Å². The zero-order chi connectivity index (χ0) is 12.0. The number of rotatable bonds is 6. The quantitative estimate of drug-likeness (QED) is 0.794. The smallest absolute Gasteiger partial charge is 0.212 e. The highest BCUT2D eigenvalue weighted by molar-refractivity contribution is 7.89. The van der Waals surface area contributed by atoms with Crippen molar-refractivity contribution < 1.29 is 8.42 Å². The van der Waals surface area contributed by atoms with Gasteiger partial charge in [0.1, 0.15) is 0 Å². The molecular weight excluding hydrogens is 248 g/mol. The minimum Gasteiger partial charge on any atom is -0.265 e. The maximum Gasteiger partial charge on any atom is 0.212 e. The first-order valence-electron chi connectivity index (χ1n) is 5.01. The number of halogens is 1. The largest absolute Gasteiger partial charge is 0.265 e. The van der Waals surface area contributed by atoms with Crippen LogP contribution < -0.4 is 4.72 Å². The maximum atomic E-state index is 11.6. The first-order valence-corrected chi connectivity index (χ1v) is 7.20. The van der Waals surface area contributed by atoms with E-state index in [0.717, 1.165) is 5.56 Å². The zero-order valence-corrected chi connectivity index (χ0v) is 10.6. The second kappa shape index (κ2) is 6.18. The van der Waals surface area contributed by atoms with Crippen molar-refractivity contribution in [3.8, 4) is 0 Å². The molecule has 1 heterocycles. The van der Waals surface area contributed by atoms with E-state index in [1.54, 1.807) is 31.5 Å². The van der Waals surface area contributed by atoms with Gasteiger partial charge in [0.15, 0.2) is 0 Å². The van der Waals surface area contributed by atoms with Crippen LogP contribution in [0.3, 0.4) is 0 Å². The van der Waals surface area contributed by atoms with Gasteiger partial charge < -0.3 is 0 Å². The third kappa shape index (κ3) is 4.47. The minimum atomic E-state index is -3.25. The fourth-order valence-corrected chi connectivity index (χ4v) is 2.90. The van der Waals surface area contributed by atoms with Crippen molar-refractivity contribution in [1.82, 2.24) is 9.71 Å². The van der Waals surface area contributed by atoms with Crippen LogP contribution in [-0.4, -0.2) is 25.0 Å². The summed E-state index contributed by atoms with van der Waals surface area (Å²) in [5, 5.41) is 0. The van der Waals surface area contributed by atoms with Crippen molar-refractivity contribution in [2.45, 2.75) is 19.4 Å². The van der Waals surface area contributed by atoms with Gasteiger partial charge in [0.05, 0.1) is 5.75 Å². The lowest BCUT2D eigenvalue weighted by molar-refractivity contribution is 0.565. The van der Waals surface area contributed by atoms with E-state index in [1.165, 1.54) is 0 Å². The fraction of sp³-hybridized carbons (Fsp3) is 0.500. The standard InChI is InChI=1S/C10H15ClN2O2S/c1-9(10-3-6-12-7-4-10)13-16(14,15)8-2-5-11/h3-4,6-7,9,13H,2,5,8H2,1H3/t9-/m1/s1. The summed E-state index contributed by atoms with van der Waals surface area (Å²) >= 11 is 5.46. The molecular formula is C10H15ClN2O2S. The maximum absolute atomic E-state index is 11.6. The Morgan fingerprint density at radius 1 is 1.44 bits per heavy atom. The lowest BCUT2D eigenvalue weighted by Gasteiger charge is -2.13. The van der Waals surface area contributed by atoms with Gasteiger partial charge in [-0.2, -0.15) is 0 Å². The molecule has 16 heavy (non-hydrogen) atoms. The average Bonchev–Trinajstić information content (AvgIpc) is 2.27. The molecule has 1 aromatic rings. The molecule has 0 aromatic carbocycles. The summed E-state index contributed by atoms with van der Waals surface area (Å²) < 4.78 is 25.8. The van der Waals surface area contributed by atoms with Gasteiger partial charge in [-0.3, -0.25) is 4.98 Å². The summed E-state index contributed by atoms with van der Waals surface area (Å²) in [6, 6.07) is 3.33. The van der Waals surface area contributed by atoms with E-state index in [9.17, 15) is 8.42 Å². The predicted molar refractivity (Wildman–Crippen MR) is 64.9 cm³/mol. The van der Waals surface area contributed by atoms with Crippen LogP contribution >= 0.6 is 11.6 Å². The molecule has 1 N–H and O–H groups in total. The van der Waals surface area contributed by atoms with Crippen LogP contribution in [0, 0.1) is 0 Å². The van der Waals surface area contributed by atoms with E-state index in [1.807, 2.05) is 0 Å². The molecule has 0 spiro atoms. The first-order chi connectivity index (χ1) is 7.55. The molecule has 0 fully saturated rings. The second-order valence-electron chi connectivity index (χ2n) is 3.48. The Labute approximate surface area is 101 Å². The molecule has 0 saturated carbocycles. The summed E-state index contributed by atoms with van der Waals surface area (Å²) in [5.74, 6) is 0.413. The first kappa shape index (κ1) is 13.4. The van der Waals surface area contributed by atoms with Crippen LogP contribution in [0.2, 0.25) is 0 Å². The molecule has 0 aliphatic heterocycles. The number of nitrogens with one attached hydrogen (secondary N) is 1. The molecule has 0 unspecified atom stereocenters. The van der Waals surface area contributed by atoms with Crippen molar-refractivity contribution in [2.24, 2.45) is 0 Å². The molecule has 0 radical (unpaired) electrons. The molecule has 0 aliphatic carbocycles. The molecule has 0 saturated heterocycles. The Balaban J connectivity index is 2.61. The topological polar surface area (TPSA) is 59.1 Å². The molecule has 0 aliphatic rings. The highest BCUT2D eigenvalue weighted by atomic mass is 35.5. The molecule has 1 atom stereocenters. The normalized spacial score (nSPS) is 13.6. The van der Waals surface area contributed by atoms with Crippen LogP contribution in [-0.2, 0) is 10.0 Å². The Hall–Kier alpha value is -0.650. The summed E-state index contributed by atoms with van der Waals surface area (Å²) in [6.07, 6.45) is 3.73. The van der Waals surface area contributed by atoms with Gasteiger partial charge in [0.25, 0.3) is 0 Å². The van der Waals surface area contributed by atoms with E-state index in [-0.39, 0.29) is 11.8 Å². The van der Waals surface area contributed by atoms with Gasteiger partial charge in [0.2, 0.25) is 10.0 Å². The van der Waals surface area contributed by atoms with Crippen LogP contribution in [0.4, 0.5) is 0 Å². The van der Waals surface area contributed by atoms with Crippen LogP contribution in [0.1, 0.15) is 24.9 Å². The number of hydrogen-bond acceptors (Lipinski definition) is 3. The number of aromatic nitrogens is 1. The lowest BCUT2D eigenvalue weighted by Crippen LogP contribution is -2.29. The van der Waals surface area contributed by atoms with Crippen LogP contribution in [0.5, 0.6) is 0 Å². The van der Waals surface area contributed by atoms with Crippen molar-refractivity contribution in [2.75, 3.05) is 11.6 Å². The zero-order valence-electron chi connectivity index (χ0n) is 9.06. The van der Waals surface area contributed by atoms with E-state index < -0.39 is 10.0 Å². The van der Waals surface area contributed by atoms with E-state index in [0.29, 0.717) is 12.3 Å². The van der Waals surface area contributed by atoms with E-state index in [2.05, 4.69) is 9.71 Å². The van der Waals surface area contributed by atoms with Crippen LogP contribution in [0.25, 0.3) is 0 Å². The molecule has 4 nitrogen and oxygen atoms in total. The van der Waals surface area contributed by atoms with Crippen molar-refractivity contribution >= 4 is 21.6 Å². The predicted octanol–water partition coefficient (Wildman–Crippen LogP) is 1.69. The molecule has 0 amide bonds. The molecule has 0 bridgehead atoms. The average molecular weight is 263 g/mol. The summed E-state index contributed by atoms with van der Waals surface area (Å²) in [6.45, 7) is 1.80. The van der Waals surface area contributed by atoms with Gasteiger partial charge in [-0.15, -0.1) is 11.6 Å². The Morgan fingerprint density at radius 3 is 2.62 bits per heavy atom. The van der Waals surface area contributed by atoms with Crippen molar-refractivity contribution in [3.05, 3.63) is 30.1 Å². The SMILES string of the molecule is C[C@@H](NS(=O)(=O)CCCCl)c1ccncc1. The second-order valence-corrected chi connectivity index (χ2v) is 5.73. The van der Waals surface area contributed by atoms with E-state index in [4.69, 9.17) is 11.6 Å². The van der Waals surface area contributed by atoms with Gasteiger partial charge in [0, 0.05) is 24.3 Å². The third-order valence-corrected chi connectivity index (χ3v) is 3.92. The number of hydrogen-bond donors (Lipinski definition) is 1. The van der Waals surface area contributed by atoms with Crippen molar-refractivity contribution in [1.29, 1.82) is 0 Å². The van der Waals surface area contributed by atoms with Gasteiger partial charge in [-0.25, -0.2) is 13.1 Å². The minimum absolute atomic E-state index is 0.0614. The third-order valence-electron chi connectivity index (χ3n) is 2.11. The Bertz CT molecular complexity index is 408. The lowest BCUT2D eigenvalue weighted by atomic mass is 10.1. The number of pyridine rings is 1. The number of nitrogens with zero attached hydrogens (tertiary/aromatic N) is 1. The number of alkyl halides is 1. The molecule has 1 aromatic heterocycles. The molecule has 6 heteroatoms. The highest BCUT2D eigenvalue weighted by Crippen LogP contribution is 2.11. The summed E-state index contributed by atoms with van der Waals surface area (Å²) in [5.41, 5.74) is 0.893. The highest BCUT2D eigenvalue weighted by Gasteiger charge is 2.14. The van der Waals surface area contributed by atoms with E-state index >= 15 is 0 Å².